The van der Waals surface area contributed by atoms with Gasteiger partial charge in [-0.05, 0) is 73.9 Å². The van der Waals surface area contributed by atoms with Crippen LogP contribution in [0.25, 0.3) is 10.9 Å². The zero-order valence-electron chi connectivity index (χ0n) is 17.4. The maximum Gasteiger partial charge on any atom is 0.173 e. The lowest BCUT2D eigenvalue weighted by Crippen LogP contribution is -2.36. The van der Waals surface area contributed by atoms with E-state index in [0.717, 1.165) is 29.3 Å². The average Bonchev–Trinajstić information content (AvgIpc) is 3.07. The summed E-state index contributed by atoms with van der Waals surface area (Å²) in [4.78, 5) is 10.00. The zero-order valence-corrected chi connectivity index (χ0v) is 18.2. The van der Waals surface area contributed by atoms with Crippen molar-refractivity contribution in [2.24, 2.45) is 0 Å². The number of H-pyrrole nitrogens is 1. The Morgan fingerprint density at radius 3 is 2.67 bits per heavy atom. The molecule has 2 aromatic heterocycles. The second-order valence-corrected chi connectivity index (χ2v) is 7.99. The van der Waals surface area contributed by atoms with Crippen LogP contribution in [0.2, 0.25) is 0 Å². The molecule has 0 aliphatic heterocycles. The van der Waals surface area contributed by atoms with Gasteiger partial charge in [-0.25, -0.2) is 0 Å². The molecular formula is C25H26N4S. The van der Waals surface area contributed by atoms with Crippen LogP contribution in [-0.4, -0.2) is 26.5 Å². The Kier molecular flexibility index (Phi) is 6.10. The molecule has 0 saturated carbocycles. The highest BCUT2D eigenvalue weighted by molar-refractivity contribution is 7.80. The number of pyridine rings is 1. The minimum atomic E-state index is 0.715. The summed E-state index contributed by atoms with van der Waals surface area (Å²) in [5, 5.41) is 5.41. The van der Waals surface area contributed by atoms with Crippen LogP contribution in [0.5, 0.6) is 0 Å². The first-order valence-electron chi connectivity index (χ1n) is 10.2. The number of benzene rings is 2. The summed E-state index contributed by atoms with van der Waals surface area (Å²) in [5.41, 5.74) is 7.18. The summed E-state index contributed by atoms with van der Waals surface area (Å²) in [6.45, 7) is 5.82. The monoisotopic (exact) mass is 414 g/mol. The van der Waals surface area contributed by atoms with E-state index in [1.165, 1.54) is 27.7 Å². The van der Waals surface area contributed by atoms with Gasteiger partial charge < -0.3 is 15.2 Å². The van der Waals surface area contributed by atoms with E-state index in [-0.39, 0.29) is 0 Å². The number of anilines is 1. The number of thiocarbonyl (C=S) groups is 1. The van der Waals surface area contributed by atoms with E-state index in [1.54, 1.807) is 6.20 Å². The number of fused-ring (bicyclic) bond motifs is 1. The van der Waals surface area contributed by atoms with Crippen LogP contribution in [0, 0.1) is 13.8 Å². The standard InChI is InChI=1S/C25H26N4S/c1-18-10-11-24-23(15-18)22(19(2)27-24)12-14-29(17-20-7-6-13-26-16-20)25(30)28-21-8-4-3-5-9-21/h3-11,13,15-16,27H,12,14,17H2,1-2H3,(H,28,30). The zero-order chi connectivity index (χ0) is 20.9. The van der Waals surface area contributed by atoms with Crippen LogP contribution >= 0.6 is 12.2 Å². The van der Waals surface area contributed by atoms with Crippen molar-refractivity contribution in [3.05, 3.63) is 95.4 Å². The second kappa shape index (κ2) is 9.09. The van der Waals surface area contributed by atoms with Gasteiger partial charge in [0.05, 0.1) is 0 Å². The Bertz CT molecular complexity index is 1140. The van der Waals surface area contributed by atoms with Gasteiger partial charge in [-0.1, -0.05) is 35.9 Å². The van der Waals surface area contributed by atoms with E-state index in [9.17, 15) is 0 Å². The topological polar surface area (TPSA) is 44.0 Å². The molecule has 4 aromatic rings. The molecule has 0 aliphatic carbocycles. The summed E-state index contributed by atoms with van der Waals surface area (Å²) in [7, 11) is 0. The lowest BCUT2D eigenvalue weighted by Gasteiger charge is -2.26. The quantitative estimate of drug-likeness (QED) is 0.402. The third kappa shape index (κ3) is 4.69. The molecule has 2 aromatic carbocycles. The molecule has 0 unspecified atom stereocenters. The average molecular weight is 415 g/mol. The Morgan fingerprint density at radius 2 is 1.90 bits per heavy atom. The van der Waals surface area contributed by atoms with Gasteiger partial charge in [0.2, 0.25) is 0 Å². The Balaban J connectivity index is 1.56. The summed E-state index contributed by atoms with van der Waals surface area (Å²) in [5.74, 6) is 0. The number of hydrogen-bond donors (Lipinski definition) is 2. The smallest absolute Gasteiger partial charge is 0.173 e. The highest BCUT2D eigenvalue weighted by Crippen LogP contribution is 2.24. The predicted molar refractivity (Wildman–Crippen MR) is 129 cm³/mol. The molecule has 2 heterocycles. The maximum absolute atomic E-state index is 5.79. The molecule has 0 spiro atoms. The van der Waals surface area contributed by atoms with Crippen molar-refractivity contribution in [3.8, 4) is 0 Å². The van der Waals surface area contributed by atoms with Crippen LogP contribution in [-0.2, 0) is 13.0 Å². The van der Waals surface area contributed by atoms with Crippen molar-refractivity contribution < 1.29 is 0 Å². The van der Waals surface area contributed by atoms with Crippen molar-refractivity contribution in [3.63, 3.8) is 0 Å². The van der Waals surface area contributed by atoms with Crippen molar-refractivity contribution in [1.82, 2.24) is 14.9 Å². The molecule has 4 nitrogen and oxygen atoms in total. The van der Waals surface area contributed by atoms with Gasteiger partial charge in [-0.2, -0.15) is 0 Å². The Hall–Kier alpha value is -3.18. The maximum atomic E-state index is 5.79. The number of para-hydroxylation sites is 1. The molecule has 30 heavy (non-hydrogen) atoms. The van der Waals surface area contributed by atoms with Crippen LogP contribution < -0.4 is 5.32 Å². The van der Waals surface area contributed by atoms with E-state index in [2.05, 4.69) is 58.3 Å². The largest absolute Gasteiger partial charge is 0.358 e. The van der Waals surface area contributed by atoms with E-state index < -0.39 is 0 Å². The molecule has 0 atom stereocenters. The summed E-state index contributed by atoms with van der Waals surface area (Å²) < 4.78 is 0. The summed E-state index contributed by atoms with van der Waals surface area (Å²) >= 11 is 5.79. The predicted octanol–water partition coefficient (Wildman–Crippen LogP) is 5.62. The number of nitrogens with one attached hydrogen (secondary N) is 2. The fraction of sp³-hybridized carbons (Fsp3) is 0.200. The van der Waals surface area contributed by atoms with E-state index in [4.69, 9.17) is 12.2 Å². The van der Waals surface area contributed by atoms with Crippen LogP contribution in [0.4, 0.5) is 5.69 Å². The third-order valence-electron chi connectivity index (χ3n) is 5.32. The number of hydrogen-bond acceptors (Lipinski definition) is 2. The Morgan fingerprint density at radius 1 is 1.07 bits per heavy atom. The first kappa shape index (κ1) is 20.1. The minimum Gasteiger partial charge on any atom is -0.358 e. The lowest BCUT2D eigenvalue weighted by atomic mass is 10.1. The van der Waals surface area contributed by atoms with Gasteiger partial charge in [-0.3, -0.25) is 4.98 Å². The van der Waals surface area contributed by atoms with Gasteiger partial charge >= 0.3 is 0 Å². The number of aryl methyl sites for hydroxylation is 2. The van der Waals surface area contributed by atoms with Crippen LogP contribution in [0.15, 0.2) is 73.1 Å². The number of aromatic amines is 1. The normalized spacial score (nSPS) is 10.9. The molecular weight excluding hydrogens is 388 g/mol. The number of nitrogens with zero attached hydrogens (tertiary/aromatic N) is 2. The molecule has 0 aliphatic rings. The van der Waals surface area contributed by atoms with Gasteiger partial charge in [0.15, 0.2) is 5.11 Å². The first-order chi connectivity index (χ1) is 14.6. The molecule has 0 bridgehead atoms. The molecule has 2 N–H and O–H groups in total. The van der Waals surface area contributed by atoms with E-state index in [1.807, 2.05) is 42.6 Å². The van der Waals surface area contributed by atoms with Gasteiger partial charge in [-0.15, -0.1) is 0 Å². The molecule has 152 valence electrons. The first-order valence-corrected chi connectivity index (χ1v) is 10.6. The van der Waals surface area contributed by atoms with Gasteiger partial charge in [0, 0.05) is 47.8 Å². The van der Waals surface area contributed by atoms with Gasteiger partial charge in [0.25, 0.3) is 0 Å². The van der Waals surface area contributed by atoms with Crippen molar-refractivity contribution in [2.45, 2.75) is 26.8 Å². The summed E-state index contributed by atoms with van der Waals surface area (Å²) in [6.07, 6.45) is 4.61. The second-order valence-electron chi connectivity index (χ2n) is 7.61. The molecule has 0 amide bonds. The lowest BCUT2D eigenvalue weighted by molar-refractivity contribution is 0.422. The molecule has 4 rings (SSSR count). The Labute approximate surface area is 183 Å². The molecule has 0 saturated heterocycles. The van der Waals surface area contributed by atoms with Gasteiger partial charge in [0.1, 0.15) is 0 Å². The fourth-order valence-electron chi connectivity index (χ4n) is 3.75. The number of aromatic nitrogens is 2. The van der Waals surface area contributed by atoms with Crippen molar-refractivity contribution >= 4 is 33.9 Å². The number of rotatable bonds is 6. The third-order valence-corrected chi connectivity index (χ3v) is 5.68. The highest BCUT2D eigenvalue weighted by atomic mass is 32.1. The fourth-order valence-corrected chi connectivity index (χ4v) is 4.03. The van der Waals surface area contributed by atoms with Crippen LogP contribution in [0.1, 0.15) is 22.4 Å². The highest BCUT2D eigenvalue weighted by Gasteiger charge is 2.14. The SMILES string of the molecule is Cc1ccc2[nH]c(C)c(CCN(Cc3cccnc3)C(=S)Nc3ccccc3)c2c1. The molecule has 5 heteroatoms. The van der Waals surface area contributed by atoms with Crippen LogP contribution in [0.3, 0.4) is 0 Å². The van der Waals surface area contributed by atoms with E-state index in [0.29, 0.717) is 6.54 Å². The summed E-state index contributed by atoms with van der Waals surface area (Å²) in [6, 6.07) is 20.7. The minimum absolute atomic E-state index is 0.715. The van der Waals surface area contributed by atoms with Crippen molar-refractivity contribution in [2.75, 3.05) is 11.9 Å². The van der Waals surface area contributed by atoms with Crippen molar-refractivity contribution in [1.29, 1.82) is 0 Å². The van der Waals surface area contributed by atoms with E-state index >= 15 is 0 Å². The molecule has 0 fully saturated rings. The molecule has 0 radical (unpaired) electrons.